The third-order valence-electron chi connectivity index (χ3n) is 5.70. The van der Waals surface area contributed by atoms with Gasteiger partial charge in [-0.25, -0.2) is 0 Å². The highest BCUT2D eigenvalue weighted by Gasteiger charge is 2.43. The lowest BCUT2D eigenvalue weighted by atomic mass is 9.95. The molecule has 1 unspecified atom stereocenters. The molecule has 30 heavy (non-hydrogen) atoms. The number of para-hydroxylation sites is 1. The maximum absolute atomic E-state index is 13.4. The molecule has 0 aliphatic carbocycles. The topological polar surface area (TPSA) is 63.7 Å². The van der Waals surface area contributed by atoms with Gasteiger partial charge >= 0.3 is 0 Å². The zero-order valence-electron chi connectivity index (χ0n) is 16.8. The van der Waals surface area contributed by atoms with E-state index in [1.54, 1.807) is 41.5 Å². The molecule has 0 saturated carbocycles. The summed E-state index contributed by atoms with van der Waals surface area (Å²) in [7, 11) is 0. The molecule has 4 aromatic rings. The lowest BCUT2D eigenvalue weighted by molar-refractivity contribution is 0.0701. The van der Waals surface area contributed by atoms with E-state index in [-0.39, 0.29) is 23.6 Å². The van der Waals surface area contributed by atoms with Crippen LogP contribution in [-0.4, -0.2) is 10.8 Å². The molecule has 3 heterocycles. The van der Waals surface area contributed by atoms with E-state index < -0.39 is 6.04 Å². The van der Waals surface area contributed by atoms with Crippen molar-refractivity contribution in [1.29, 1.82) is 0 Å². The number of nitrogens with zero attached hydrogens (tertiary/aromatic N) is 1. The van der Waals surface area contributed by atoms with Crippen molar-refractivity contribution in [2.75, 3.05) is 0 Å². The first-order valence-electron chi connectivity index (χ1n) is 10.0. The number of rotatable bonds is 4. The monoisotopic (exact) mass is 399 g/mol. The highest BCUT2D eigenvalue weighted by Crippen LogP contribution is 2.39. The van der Waals surface area contributed by atoms with E-state index in [0.29, 0.717) is 28.2 Å². The molecular weight excluding hydrogens is 378 g/mol. The third kappa shape index (κ3) is 2.86. The van der Waals surface area contributed by atoms with Gasteiger partial charge in [-0.05, 0) is 41.3 Å². The second-order valence-electron chi connectivity index (χ2n) is 7.91. The van der Waals surface area contributed by atoms with E-state index in [0.717, 1.165) is 5.56 Å². The third-order valence-corrected chi connectivity index (χ3v) is 5.70. The van der Waals surface area contributed by atoms with Gasteiger partial charge < -0.3 is 13.7 Å². The Kier molecular flexibility index (Phi) is 4.31. The number of furan rings is 1. The molecule has 1 amide bonds. The minimum absolute atomic E-state index is 0.114. The molecule has 0 fully saturated rings. The molecule has 0 spiro atoms. The molecule has 5 heteroatoms. The van der Waals surface area contributed by atoms with Crippen molar-refractivity contribution >= 4 is 16.9 Å². The molecule has 5 nitrogen and oxygen atoms in total. The Morgan fingerprint density at radius 1 is 0.967 bits per heavy atom. The second-order valence-corrected chi connectivity index (χ2v) is 7.91. The molecule has 0 saturated heterocycles. The molecule has 0 radical (unpaired) electrons. The average Bonchev–Trinajstić information content (AvgIpc) is 3.36. The zero-order chi connectivity index (χ0) is 20.8. The van der Waals surface area contributed by atoms with Crippen LogP contribution in [-0.2, 0) is 6.54 Å². The van der Waals surface area contributed by atoms with Crippen LogP contribution in [0.4, 0.5) is 0 Å². The first kappa shape index (κ1) is 18.4. The van der Waals surface area contributed by atoms with Crippen LogP contribution in [0.25, 0.3) is 11.0 Å². The Morgan fingerprint density at radius 2 is 1.73 bits per heavy atom. The van der Waals surface area contributed by atoms with Crippen LogP contribution in [0.15, 0.2) is 80.6 Å². The predicted octanol–water partition coefficient (Wildman–Crippen LogP) is 5.25. The van der Waals surface area contributed by atoms with Crippen LogP contribution in [0.2, 0.25) is 0 Å². The van der Waals surface area contributed by atoms with Gasteiger partial charge in [-0.1, -0.05) is 50.2 Å². The van der Waals surface area contributed by atoms with Crippen molar-refractivity contribution in [3.63, 3.8) is 0 Å². The van der Waals surface area contributed by atoms with E-state index >= 15 is 0 Å². The van der Waals surface area contributed by atoms with Crippen LogP contribution >= 0.6 is 0 Å². The lowest BCUT2D eigenvalue weighted by Crippen LogP contribution is -2.29. The van der Waals surface area contributed by atoms with Crippen LogP contribution in [0, 0.1) is 0 Å². The smallest absolute Gasteiger partial charge is 0.291 e. The Balaban J connectivity index is 1.71. The fourth-order valence-electron chi connectivity index (χ4n) is 4.11. The Morgan fingerprint density at radius 3 is 2.43 bits per heavy atom. The fourth-order valence-corrected chi connectivity index (χ4v) is 4.11. The van der Waals surface area contributed by atoms with Gasteiger partial charge in [0.05, 0.1) is 29.8 Å². The van der Waals surface area contributed by atoms with Crippen LogP contribution in [0.3, 0.4) is 0 Å². The zero-order valence-corrected chi connectivity index (χ0v) is 16.8. The van der Waals surface area contributed by atoms with Crippen LogP contribution in [0.5, 0.6) is 0 Å². The van der Waals surface area contributed by atoms with Gasteiger partial charge in [0.25, 0.3) is 5.91 Å². The normalized spacial score (nSPS) is 15.9. The second kappa shape index (κ2) is 7.02. The summed E-state index contributed by atoms with van der Waals surface area (Å²) in [5.74, 6) is 0.854. The summed E-state index contributed by atoms with van der Waals surface area (Å²) in [4.78, 5) is 28.4. The van der Waals surface area contributed by atoms with Crippen LogP contribution in [0.1, 0.15) is 58.8 Å². The quantitative estimate of drug-likeness (QED) is 0.470. The number of benzene rings is 2. The van der Waals surface area contributed by atoms with E-state index in [2.05, 4.69) is 26.0 Å². The summed E-state index contributed by atoms with van der Waals surface area (Å²) in [5.41, 5.74) is 2.72. The Bertz CT molecular complexity index is 1280. The lowest BCUT2D eigenvalue weighted by Gasteiger charge is -2.24. The largest absolute Gasteiger partial charge is 0.467 e. The summed E-state index contributed by atoms with van der Waals surface area (Å²) < 4.78 is 11.4. The van der Waals surface area contributed by atoms with E-state index in [1.807, 2.05) is 18.2 Å². The van der Waals surface area contributed by atoms with Gasteiger partial charge in [0.15, 0.2) is 5.43 Å². The molecule has 1 aliphatic heterocycles. The van der Waals surface area contributed by atoms with Gasteiger partial charge in [-0.15, -0.1) is 0 Å². The van der Waals surface area contributed by atoms with E-state index in [4.69, 9.17) is 8.83 Å². The van der Waals surface area contributed by atoms with E-state index in [1.165, 1.54) is 5.56 Å². The summed E-state index contributed by atoms with van der Waals surface area (Å²) in [5, 5.41) is 0.479. The van der Waals surface area contributed by atoms with Crippen molar-refractivity contribution in [1.82, 2.24) is 4.90 Å². The van der Waals surface area contributed by atoms with Gasteiger partial charge in [-0.2, -0.15) is 0 Å². The predicted molar refractivity (Wildman–Crippen MR) is 113 cm³/mol. The van der Waals surface area contributed by atoms with E-state index in [9.17, 15) is 9.59 Å². The standard InChI is InChI=1S/C25H21NO4/c1-15(2)16-9-11-17(12-10-16)22-21-23(27)19-7-3-4-8-20(19)30-24(21)25(28)26(22)14-18-6-5-13-29-18/h3-13,15,22H,14H2,1-2H3. The molecule has 0 N–H and O–H groups in total. The number of hydrogen-bond acceptors (Lipinski definition) is 4. The molecule has 1 atom stereocenters. The molecule has 0 bridgehead atoms. The maximum atomic E-state index is 13.4. The van der Waals surface area contributed by atoms with Gasteiger partial charge in [0.1, 0.15) is 11.3 Å². The fraction of sp³-hybridized carbons (Fsp3) is 0.200. The van der Waals surface area contributed by atoms with Crippen molar-refractivity contribution in [2.24, 2.45) is 0 Å². The first-order chi connectivity index (χ1) is 14.5. The highest BCUT2D eigenvalue weighted by molar-refractivity contribution is 5.99. The number of carbonyl (C=O) groups is 1. The molecular formula is C25H21NO4. The van der Waals surface area contributed by atoms with Gasteiger partial charge in [0, 0.05) is 0 Å². The molecule has 150 valence electrons. The minimum Gasteiger partial charge on any atom is -0.467 e. The summed E-state index contributed by atoms with van der Waals surface area (Å²) in [6.45, 7) is 4.52. The number of hydrogen-bond donors (Lipinski definition) is 0. The summed E-state index contributed by atoms with van der Waals surface area (Å²) in [6.07, 6.45) is 1.58. The van der Waals surface area contributed by atoms with Gasteiger partial charge in [-0.3, -0.25) is 9.59 Å². The molecule has 2 aromatic heterocycles. The Labute approximate surface area is 173 Å². The highest BCUT2D eigenvalue weighted by atomic mass is 16.3. The molecule has 5 rings (SSSR count). The molecule has 2 aromatic carbocycles. The van der Waals surface area contributed by atoms with Crippen molar-refractivity contribution in [3.05, 3.63) is 105 Å². The number of fused-ring (bicyclic) bond motifs is 2. The first-order valence-corrected chi connectivity index (χ1v) is 10.0. The van der Waals surface area contributed by atoms with Crippen LogP contribution < -0.4 is 5.43 Å². The SMILES string of the molecule is CC(C)c1ccc(C2c3c(oc4ccccc4c3=O)C(=O)N2Cc2ccco2)cc1. The maximum Gasteiger partial charge on any atom is 0.291 e. The number of carbonyl (C=O) groups excluding carboxylic acids is 1. The molecule has 1 aliphatic rings. The van der Waals surface area contributed by atoms with Crippen molar-refractivity contribution < 1.29 is 13.6 Å². The average molecular weight is 399 g/mol. The van der Waals surface area contributed by atoms with Crippen molar-refractivity contribution in [2.45, 2.75) is 32.4 Å². The number of amides is 1. The summed E-state index contributed by atoms with van der Waals surface area (Å²) in [6, 6.07) is 18.2. The Hall–Kier alpha value is -3.60. The summed E-state index contributed by atoms with van der Waals surface area (Å²) >= 11 is 0. The minimum atomic E-state index is -0.528. The van der Waals surface area contributed by atoms with Crippen molar-refractivity contribution in [3.8, 4) is 0 Å². The van der Waals surface area contributed by atoms with Gasteiger partial charge in [0.2, 0.25) is 5.76 Å².